The van der Waals surface area contributed by atoms with Gasteiger partial charge in [0.2, 0.25) is 5.91 Å². The van der Waals surface area contributed by atoms with Crippen molar-refractivity contribution in [2.45, 2.75) is 0 Å². The minimum absolute atomic E-state index is 0.0839. The first-order valence-electron chi connectivity index (χ1n) is 7.05. The number of amides is 2. The van der Waals surface area contributed by atoms with E-state index in [1.807, 2.05) is 12.1 Å². The zero-order valence-corrected chi connectivity index (χ0v) is 16.1. The van der Waals surface area contributed by atoms with Gasteiger partial charge in [0.1, 0.15) is 5.75 Å². The third kappa shape index (κ3) is 4.61. The van der Waals surface area contributed by atoms with Crippen LogP contribution in [0.25, 0.3) is 0 Å². The standard InChI is InChI=1S/C17H16ClIN2O3/c1-21(17(23)12-5-3-4-6-13(12)19)10-16(22)20-14-9-11(18)7-8-15(14)24-2/h3-9H,10H2,1-2H3,(H,20,22). The predicted molar refractivity (Wildman–Crippen MR) is 103 cm³/mol. The van der Waals surface area contributed by atoms with Crippen molar-refractivity contribution in [1.82, 2.24) is 4.90 Å². The number of nitrogens with one attached hydrogen (secondary N) is 1. The first-order chi connectivity index (χ1) is 11.4. The van der Waals surface area contributed by atoms with Gasteiger partial charge in [0, 0.05) is 15.6 Å². The Morgan fingerprint density at radius 1 is 1.25 bits per heavy atom. The Labute approximate surface area is 159 Å². The molecule has 0 aliphatic carbocycles. The van der Waals surface area contributed by atoms with E-state index in [0.29, 0.717) is 22.0 Å². The van der Waals surface area contributed by atoms with Gasteiger partial charge in [-0.1, -0.05) is 23.7 Å². The molecule has 2 amide bonds. The highest BCUT2D eigenvalue weighted by molar-refractivity contribution is 14.1. The van der Waals surface area contributed by atoms with Crippen LogP contribution in [0.1, 0.15) is 10.4 Å². The van der Waals surface area contributed by atoms with E-state index in [0.717, 1.165) is 3.57 Å². The van der Waals surface area contributed by atoms with Gasteiger partial charge < -0.3 is 15.0 Å². The van der Waals surface area contributed by atoms with E-state index in [-0.39, 0.29) is 18.4 Å². The highest BCUT2D eigenvalue weighted by atomic mass is 127. The monoisotopic (exact) mass is 458 g/mol. The molecule has 0 fully saturated rings. The molecule has 0 bridgehead atoms. The second kappa shape index (κ2) is 8.34. The van der Waals surface area contributed by atoms with E-state index in [4.69, 9.17) is 16.3 Å². The Morgan fingerprint density at radius 3 is 2.62 bits per heavy atom. The third-order valence-corrected chi connectivity index (χ3v) is 4.44. The molecular formula is C17H16ClIN2O3. The average Bonchev–Trinajstić information content (AvgIpc) is 2.54. The lowest BCUT2D eigenvalue weighted by Gasteiger charge is -2.18. The number of hydrogen-bond acceptors (Lipinski definition) is 3. The van der Waals surface area contributed by atoms with Crippen LogP contribution in [0.15, 0.2) is 42.5 Å². The Hall–Kier alpha value is -1.80. The maximum Gasteiger partial charge on any atom is 0.255 e. The summed E-state index contributed by atoms with van der Waals surface area (Å²) in [4.78, 5) is 26.0. The number of carbonyl (C=O) groups excluding carboxylic acids is 2. The molecule has 0 heterocycles. The molecule has 0 unspecified atom stereocenters. The summed E-state index contributed by atoms with van der Waals surface area (Å²) in [5.41, 5.74) is 1.03. The van der Waals surface area contributed by atoms with Gasteiger partial charge in [0.05, 0.1) is 24.9 Å². The van der Waals surface area contributed by atoms with E-state index < -0.39 is 0 Å². The van der Waals surface area contributed by atoms with Crippen LogP contribution in [0.4, 0.5) is 5.69 Å². The largest absolute Gasteiger partial charge is 0.495 e. The molecule has 2 rings (SSSR count). The highest BCUT2D eigenvalue weighted by Crippen LogP contribution is 2.27. The van der Waals surface area contributed by atoms with Gasteiger partial charge in [-0.05, 0) is 52.9 Å². The summed E-state index contributed by atoms with van der Waals surface area (Å²) in [6, 6.07) is 12.2. The molecule has 126 valence electrons. The molecule has 2 aromatic carbocycles. The lowest BCUT2D eigenvalue weighted by molar-refractivity contribution is -0.116. The third-order valence-electron chi connectivity index (χ3n) is 3.27. The number of methoxy groups -OCH3 is 1. The topological polar surface area (TPSA) is 58.6 Å². The summed E-state index contributed by atoms with van der Waals surface area (Å²) in [5, 5.41) is 3.19. The number of rotatable bonds is 5. The average molecular weight is 459 g/mol. The number of anilines is 1. The van der Waals surface area contributed by atoms with Gasteiger partial charge in [0.15, 0.2) is 0 Å². The fourth-order valence-electron chi connectivity index (χ4n) is 2.10. The SMILES string of the molecule is COc1ccc(Cl)cc1NC(=O)CN(C)C(=O)c1ccccc1I. The predicted octanol–water partition coefficient (Wildman–Crippen LogP) is 3.66. The van der Waals surface area contributed by atoms with Gasteiger partial charge >= 0.3 is 0 Å². The van der Waals surface area contributed by atoms with Crippen LogP contribution in [0.3, 0.4) is 0 Å². The Balaban J connectivity index is 2.06. The minimum Gasteiger partial charge on any atom is -0.495 e. The van der Waals surface area contributed by atoms with E-state index >= 15 is 0 Å². The van der Waals surface area contributed by atoms with Crippen LogP contribution in [0.5, 0.6) is 5.75 Å². The zero-order chi connectivity index (χ0) is 17.7. The van der Waals surface area contributed by atoms with E-state index in [1.165, 1.54) is 12.0 Å². The first-order valence-corrected chi connectivity index (χ1v) is 8.51. The molecular weight excluding hydrogens is 443 g/mol. The number of hydrogen-bond donors (Lipinski definition) is 1. The summed E-state index contributed by atoms with van der Waals surface area (Å²) >= 11 is 8.03. The van der Waals surface area contributed by atoms with Crippen LogP contribution >= 0.6 is 34.2 Å². The van der Waals surface area contributed by atoms with Crippen molar-refractivity contribution in [3.05, 3.63) is 56.6 Å². The maximum atomic E-state index is 12.4. The first kappa shape index (κ1) is 18.5. The molecule has 5 nitrogen and oxygen atoms in total. The van der Waals surface area contributed by atoms with Crippen molar-refractivity contribution in [2.75, 3.05) is 26.0 Å². The molecule has 24 heavy (non-hydrogen) atoms. The Kier molecular flexibility index (Phi) is 6.44. The molecule has 0 spiro atoms. The summed E-state index contributed by atoms with van der Waals surface area (Å²) in [6.45, 7) is -0.0839. The van der Waals surface area contributed by atoms with Gasteiger partial charge in [-0.25, -0.2) is 0 Å². The molecule has 0 aliphatic rings. The normalized spacial score (nSPS) is 10.2. The van der Waals surface area contributed by atoms with Crippen LogP contribution in [0.2, 0.25) is 5.02 Å². The summed E-state index contributed by atoms with van der Waals surface area (Å²) < 4.78 is 6.02. The van der Waals surface area contributed by atoms with Gasteiger partial charge in [-0.2, -0.15) is 0 Å². The van der Waals surface area contributed by atoms with Crippen molar-refractivity contribution in [2.24, 2.45) is 0 Å². The lowest BCUT2D eigenvalue weighted by Crippen LogP contribution is -2.35. The molecule has 0 aliphatic heterocycles. The minimum atomic E-state index is -0.336. The second-order valence-electron chi connectivity index (χ2n) is 5.03. The highest BCUT2D eigenvalue weighted by Gasteiger charge is 2.17. The van der Waals surface area contributed by atoms with Gasteiger partial charge in [0.25, 0.3) is 5.91 Å². The van der Waals surface area contributed by atoms with Gasteiger partial charge in [-0.3, -0.25) is 9.59 Å². The van der Waals surface area contributed by atoms with Crippen LogP contribution in [-0.4, -0.2) is 37.4 Å². The second-order valence-corrected chi connectivity index (χ2v) is 6.63. The molecule has 2 aromatic rings. The van der Waals surface area contributed by atoms with Crippen molar-refractivity contribution in [3.8, 4) is 5.75 Å². The van der Waals surface area contributed by atoms with Crippen LogP contribution < -0.4 is 10.1 Å². The number of carbonyl (C=O) groups is 2. The quantitative estimate of drug-likeness (QED) is 0.696. The smallest absolute Gasteiger partial charge is 0.255 e. The molecule has 0 saturated carbocycles. The molecule has 0 radical (unpaired) electrons. The molecule has 1 N–H and O–H groups in total. The summed E-state index contributed by atoms with van der Waals surface area (Å²) in [5.74, 6) is -0.0510. The van der Waals surface area contributed by atoms with E-state index in [1.54, 1.807) is 37.4 Å². The summed E-state index contributed by atoms with van der Waals surface area (Å²) in [6.07, 6.45) is 0. The van der Waals surface area contributed by atoms with Crippen molar-refractivity contribution in [1.29, 1.82) is 0 Å². The van der Waals surface area contributed by atoms with Crippen molar-refractivity contribution >= 4 is 51.7 Å². The van der Waals surface area contributed by atoms with E-state index in [2.05, 4.69) is 27.9 Å². The van der Waals surface area contributed by atoms with Gasteiger partial charge in [-0.15, -0.1) is 0 Å². The number of halogens is 2. The Bertz CT molecular complexity index is 767. The van der Waals surface area contributed by atoms with Crippen LogP contribution in [0, 0.1) is 3.57 Å². The number of nitrogens with zero attached hydrogens (tertiary/aromatic N) is 1. The number of benzene rings is 2. The molecule has 7 heteroatoms. The Morgan fingerprint density at radius 2 is 1.96 bits per heavy atom. The van der Waals surface area contributed by atoms with E-state index in [9.17, 15) is 9.59 Å². The number of likely N-dealkylation sites (N-methyl/N-ethyl adjacent to an activating group) is 1. The van der Waals surface area contributed by atoms with Crippen molar-refractivity contribution < 1.29 is 14.3 Å². The zero-order valence-electron chi connectivity index (χ0n) is 13.2. The number of ether oxygens (including phenoxy) is 1. The molecule has 0 saturated heterocycles. The molecule has 0 atom stereocenters. The lowest BCUT2D eigenvalue weighted by atomic mass is 10.2. The fraction of sp³-hybridized carbons (Fsp3) is 0.176. The van der Waals surface area contributed by atoms with Crippen molar-refractivity contribution in [3.63, 3.8) is 0 Å². The fourth-order valence-corrected chi connectivity index (χ4v) is 2.89. The maximum absolute atomic E-state index is 12.4. The van der Waals surface area contributed by atoms with Crippen LogP contribution in [-0.2, 0) is 4.79 Å². The molecule has 0 aromatic heterocycles. The summed E-state index contributed by atoms with van der Waals surface area (Å²) in [7, 11) is 3.09.